The number of nitriles is 1. The highest BCUT2D eigenvalue weighted by atomic mass is 32.2. The Kier molecular flexibility index (Phi) is 2.53. The van der Waals surface area contributed by atoms with Gasteiger partial charge < -0.3 is 0 Å². The Hall–Kier alpha value is -0.820. The van der Waals surface area contributed by atoms with E-state index in [9.17, 15) is 8.42 Å². The van der Waals surface area contributed by atoms with Crippen molar-refractivity contribution < 1.29 is 8.42 Å². The molecule has 0 amide bonds. The predicted octanol–water partition coefficient (Wildman–Crippen LogP) is 1.03. The minimum absolute atomic E-state index is 0.392. The van der Waals surface area contributed by atoms with Crippen molar-refractivity contribution in [2.24, 2.45) is 0 Å². The van der Waals surface area contributed by atoms with Gasteiger partial charge in [-0.2, -0.15) is 5.26 Å². The molecule has 4 heteroatoms. The summed E-state index contributed by atoms with van der Waals surface area (Å²) in [5.74, 6) is 0. The summed E-state index contributed by atoms with van der Waals surface area (Å²) in [4.78, 5) is 0. The van der Waals surface area contributed by atoms with E-state index >= 15 is 0 Å². The average molecular weight is 185 g/mol. The van der Waals surface area contributed by atoms with Gasteiger partial charge >= 0.3 is 0 Å². The van der Waals surface area contributed by atoms with E-state index < -0.39 is 15.1 Å². The zero-order chi connectivity index (χ0) is 9.19. The molecule has 1 saturated carbocycles. The van der Waals surface area contributed by atoms with Crippen molar-refractivity contribution in [1.82, 2.24) is 0 Å². The van der Waals surface area contributed by atoms with Gasteiger partial charge in [-0.1, -0.05) is 0 Å². The number of hydrogen-bond donors (Lipinski definition) is 0. The van der Waals surface area contributed by atoms with Crippen molar-refractivity contribution in [2.45, 2.75) is 24.5 Å². The topological polar surface area (TPSA) is 57.9 Å². The largest absolute Gasteiger partial charge is 0.229 e. The molecule has 0 radical (unpaired) electrons. The molecule has 3 nitrogen and oxygen atoms in total. The molecule has 1 aliphatic carbocycles. The van der Waals surface area contributed by atoms with Crippen molar-refractivity contribution in [2.75, 3.05) is 6.26 Å². The summed E-state index contributed by atoms with van der Waals surface area (Å²) >= 11 is 0. The number of hydrogen-bond acceptors (Lipinski definition) is 3. The second kappa shape index (κ2) is 3.28. The summed E-state index contributed by atoms with van der Waals surface area (Å²) in [7, 11) is -2.99. The SMILES string of the molecule is CS(=O)(=O)C1CCC/C1=C\C#N. The molecule has 0 aromatic carbocycles. The van der Waals surface area contributed by atoms with E-state index in [1.54, 1.807) is 0 Å². The van der Waals surface area contributed by atoms with Crippen LogP contribution >= 0.6 is 0 Å². The van der Waals surface area contributed by atoms with Gasteiger partial charge in [-0.25, -0.2) is 8.42 Å². The summed E-state index contributed by atoms with van der Waals surface area (Å²) in [6.45, 7) is 0. The molecule has 1 unspecified atom stereocenters. The first-order valence-corrected chi connectivity index (χ1v) is 5.78. The zero-order valence-corrected chi connectivity index (χ0v) is 7.76. The Balaban J connectivity index is 2.95. The van der Waals surface area contributed by atoms with Crippen LogP contribution in [0.5, 0.6) is 0 Å². The van der Waals surface area contributed by atoms with Gasteiger partial charge in [0.2, 0.25) is 0 Å². The van der Waals surface area contributed by atoms with Crippen LogP contribution in [0.25, 0.3) is 0 Å². The maximum Gasteiger partial charge on any atom is 0.154 e. The molecule has 66 valence electrons. The second-order valence-corrected chi connectivity index (χ2v) is 5.29. The number of nitrogens with zero attached hydrogens (tertiary/aromatic N) is 1. The molecule has 0 aliphatic heterocycles. The lowest BCUT2D eigenvalue weighted by Crippen LogP contribution is -2.17. The molecule has 0 spiro atoms. The lowest BCUT2D eigenvalue weighted by molar-refractivity contribution is 0.592. The first kappa shape index (κ1) is 9.27. The molecule has 0 bridgehead atoms. The standard InChI is InChI=1S/C8H11NO2S/c1-12(10,11)8-4-2-3-7(8)5-6-9/h5,8H,2-4H2,1H3/b7-5+. The fourth-order valence-electron chi connectivity index (χ4n) is 1.58. The van der Waals surface area contributed by atoms with Crippen molar-refractivity contribution in [3.05, 3.63) is 11.6 Å². The molecule has 0 saturated heterocycles. The maximum absolute atomic E-state index is 11.2. The van der Waals surface area contributed by atoms with Crippen LogP contribution in [0.3, 0.4) is 0 Å². The second-order valence-electron chi connectivity index (χ2n) is 3.06. The molecule has 0 N–H and O–H groups in total. The molecule has 12 heavy (non-hydrogen) atoms. The Morgan fingerprint density at radius 3 is 2.83 bits per heavy atom. The molecule has 1 aliphatic rings. The third kappa shape index (κ3) is 1.86. The predicted molar refractivity (Wildman–Crippen MR) is 46.2 cm³/mol. The molecule has 0 heterocycles. The maximum atomic E-state index is 11.2. The van der Waals surface area contributed by atoms with Crippen LogP contribution in [0, 0.1) is 11.3 Å². The number of sulfone groups is 1. The minimum Gasteiger partial charge on any atom is -0.229 e. The lowest BCUT2D eigenvalue weighted by atomic mass is 10.2. The van der Waals surface area contributed by atoms with Gasteiger partial charge in [0.25, 0.3) is 0 Å². The van der Waals surface area contributed by atoms with Gasteiger partial charge in [-0.3, -0.25) is 0 Å². The van der Waals surface area contributed by atoms with Crippen LogP contribution < -0.4 is 0 Å². The Morgan fingerprint density at radius 1 is 1.67 bits per heavy atom. The smallest absolute Gasteiger partial charge is 0.154 e. The van der Waals surface area contributed by atoms with Gasteiger partial charge in [0.1, 0.15) is 0 Å². The molecular weight excluding hydrogens is 174 g/mol. The van der Waals surface area contributed by atoms with Crippen LogP contribution in [0.15, 0.2) is 11.6 Å². The summed E-state index contributed by atoms with van der Waals surface area (Å²) in [6, 6.07) is 1.89. The summed E-state index contributed by atoms with van der Waals surface area (Å²) in [6.07, 6.45) is 4.91. The van der Waals surface area contributed by atoms with Gasteiger partial charge in [0.05, 0.1) is 11.3 Å². The highest BCUT2D eigenvalue weighted by Gasteiger charge is 2.29. The quantitative estimate of drug-likeness (QED) is 0.573. The summed E-state index contributed by atoms with van der Waals surface area (Å²) in [5, 5.41) is 8.00. The van der Waals surface area contributed by atoms with Gasteiger partial charge in [-0.05, 0) is 24.8 Å². The molecule has 0 aromatic rings. The highest BCUT2D eigenvalue weighted by Crippen LogP contribution is 2.29. The van der Waals surface area contributed by atoms with Crippen molar-refractivity contribution in [3.8, 4) is 6.07 Å². The third-order valence-electron chi connectivity index (χ3n) is 2.11. The first-order valence-electron chi connectivity index (χ1n) is 3.83. The third-order valence-corrected chi connectivity index (χ3v) is 3.68. The van der Waals surface area contributed by atoms with E-state index in [1.807, 2.05) is 6.07 Å². The number of rotatable bonds is 1. The van der Waals surface area contributed by atoms with Gasteiger partial charge in [0.15, 0.2) is 9.84 Å². The van der Waals surface area contributed by atoms with Crippen LogP contribution in [0.4, 0.5) is 0 Å². The van der Waals surface area contributed by atoms with E-state index in [2.05, 4.69) is 0 Å². The summed E-state index contributed by atoms with van der Waals surface area (Å²) in [5.41, 5.74) is 0.778. The monoisotopic (exact) mass is 185 g/mol. The van der Waals surface area contributed by atoms with E-state index in [1.165, 1.54) is 12.3 Å². The Bertz CT molecular complexity index is 335. The van der Waals surface area contributed by atoms with Crippen molar-refractivity contribution in [3.63, 3.8) is 0 Å². The summed E-state index contributed by atoms with van der Waals surface area (Å²) < 4.78 is 22.3. The van der Waals surface area contributed by atoms with E-state index in [0.29, 0.717) is 6.42 Å². The normalized spacial score (nSPS) is 27.3. The Labute approximate surface area is 72.6 Å². The van der Waals surface area contributed by atoms with Gasteiger partial charge in [-0.15, -0.1) is 0 Å². The van der Waals surface area contributed by atoms with Crippen LogP contribution in [-0.4, -0.2) is 19.9 Å². The van der Waals surface area contributed by atoms with Crippen molar-refractivity contribution in [1.29, 1.82) is 5.26 Å². The highest BCUT2D eigenvalue weighted by molar-refractivity contribution is 7.91. The zero-order valence-electron chi connectivity index (χ0n) is 6.95. The van der Waals surface area contributed by atoms with E-state index in [4.69, 9.17) is 5.26 Å². The van der Waals surface area contributed by atoms with Crippen LogP contribution in [0.2, 0.25) is 0 Å². The average Bonchev–Trinajstić information content (AvgIpc) is 2.34. The Morgan fingerprint density at radius 2 is 2.33 bits per heavy atom. The number of allylic oxidation sites excluding steroid dienone is 1. The van der Waals surface area contributed by atoms with Crippen LogP contribution in [-0.2, 0) is 9.84 Å². The van der Waals surface area contributed by atoms with Crippen LogP contribution in [0.1, 0.15) is 19.3 Å². The van der Waals surface area contributed by atoms with Crippen molar-refractivity contribution >= 4 is 9.84 Å². The fourth-order valence-corrected chi connectivity index (χ4v) is 2.91. The molecular formula is C8H11NO2S. The molecule has 1 fully saturated rings. The first-order chi connectivity index (χ1) is 5.55. The molecule has 0 aromatic heterocycles. The van der Waals surface area contributed by atoms with E-state index in [-0.39, 0.29) is 0 Å². The fraction of sp³-hybridized carbons (Fsp3) is 0.625. The lowest BCUT2D eigenvalue weighted by Gasteiger charge is -2.07. The molecule has 1 rings (SSSR count). The minimum atomic E-state index is -2.99. The molecule has 1 atom stereocenters. The van der Waals surface area contributed by atoms with E-state index in [0.717, 1.165) is 18.4 Å². The van der Waals surface area contributed by atoms with Gasteiger partial charge in [0, 0.05) is 12.3 Å².